The third-order valence-corrected chi connectivity index (χ3v) is 6.46. The van der Waals surface area contributed by atoms with Crippen LogP contribution in [-0.2, 0) is 23.1 Å². The Morgan fingerprint density at radius 3 is 2.59 bits per heavy atom. The fourth-order valence-corrected chi connectivity index (χ4v) is 4.47. The molecule has 0 fully saturated rings. The largest absolute Gasteiger partial charge is 0.497 e. The lowest BCUT2D eigenvalue weighted by atomic mass is 10.3. The Labute approximate surface area is 192 Å². The lowest BCUT2D eigenvalue weighted by molar-refractivity contribution is -0.116. The molecule has 32 heavy (non-hydrogen) atoms. The van der Waals surface area contributed by atoms with Gasteiger partial charge in [0.05, 0.1) is 29.5 Å². The fraction of sp³-hybridized carbons (Fsp3) is 0.190. The second kappa shape index (κ2) is 9.79. The number of aromatic nitrogens is 4. The maximum Gasteiger partial charge on any atom is 0.236 e. The zero-order valence-electron chi connectivity index (χ0n) is 17.4. The van der Waals surface area contributed by atoms with E-state index in [0.717, 1.165) is 10.2 Å². The summed E-state index contributed by atoms with van der Waals surface area (Å²) in [7, 11) is 3.35. The molecule has 4 rings (SSSR count). The first-order valence-electron chi connectivity index (χ1n) is 9.62. The van der Waals surface area contributed by atoms with Crippen molar-refractivity contribution < 1.29 is 14.3 Å². The van der Waals surface area contributed by atoms with Gasteiger partial charge in [-0.25, -0.2) is 4.98 Å². The summed E-state index contributed by atoms with van der Waals surface area (Å²) in [5.41, 5.74) is 1.52. The van der Waals surface area contributed by atoms with E-state index in [0.29, 0.717) is 27.5 Å². The van der Waals surface area contributed by atoms with Crippen LogP contribution >= 0.6 is 23.1 Å². The van der Waals surface area contributed by atoms with Crippen LogP contribution in [0, 0.1) is 0 Å². The van der Waals surface area contributed by atoms with E-state index < -0.39 is 0 Å². The molecule has 2 heterocycles. The monoisotopic (exact) mass is 468 g/mol. The highest BCUT2D eigenvalue weighted by Gasteiger charge is 2.15. The summed E-state index contributed by atoms with van der Waals surface area (Å²) in [5, 5.41) is 14.9. The molecule has 0 aliphatic carbocycles. The average molecular weight is 469 g/mol. The molecule has 0 bridgehead atoms. The van der Waals surface area contributed by atoms with Crippen LogP contribution in [0.4, 0.5) is 10.8 Å². The number of para-hydroxylation sites is 1. The van der Waals surface area contributed by atoms with Crippen LogP contribution < -0.4 is 15.4 Å². The number of hydrogen-bond acceptors (Lipinski definition) is 8. The number of thiazole rings is 1. The number of anilines is 2. The zero-order chi connectivity index (χ0) is 22.5. The van der Waals surface area contributed by atoms with Crippen LogP contribution in [0.1, 0.15) is 5.82 Å². The van der Waals surface area contributed by atoms with E-state index in [1.54, 1.807) is 43.0 Å². The quantitative estimate of drug-likeness (QED) is 0.382. The molecular weight excluding hydrogens is 448 g/mol. The van der Waals surface area contributed by atoms with Crippen molar-refractivity contribution in [1.29, 1.82) is 0 Å². The average Bonchev–Trinajstić information content (AvgIpc) is 3.35. The molecule has 0 atom stereocenters. The molecular formula is C21H20N6O3S2. The van der Waals surface area contributed by atoms with Gasteiger partial charge in [0.15, 0.2) is 10.3 Å². The number of rotatable bonds is 8. The van der Waals surface area contributed by atoms with Crippen LogP contribution in [0.2, 0.25) is 0 Å². The summed E-state index contributed by atoms with van der Waals surface area (Å²) in [4.78, 5) is 29.1. The number of fused-ring (bicyclic) bond motifs is 1. The van der Waals surface area contributed by atoms with Gasteiger partial charge < -0.3 is 19.9 Å². The van der Waals surface area contributed by atoms with E-state index in [1.165, 1.54) is 23.1 Å². The van der Waals surface area contributed by atoms with Crippen molar-refractivity contribution in [3.63, 3.8) is 0 Å². The number of ether oxygens (including phenoxy) is 1. The van der Waals surface area contributed by atoms with Crippen molar-refractivity contribution in [2.45, 2.75) is 11.6 Å². The van der Waals surface area contributed by atoms with Gasteiger partial charge in [0, 0.05) is 12.7 Å². The fourth-order valence-electron chi connectivity index (χ4n) is 2.86. The SMILES string of the molecule is COc1ccc(NC(=O)Cc2nnc(SCC(=O)Nc3nc4ccccc4s3)n2C)cc1. The van der Waals surface area contributed by atoms with Gasteiger partial charge >= 0.3 is 0 Å². The Morgan fingerprint density at radius 2 is 1.84 bits per heavy atom. The predicted molar refractivity (Wildman–Crippen MR) is 125 cm³/mol. The Kier molecular flexibility index (Phi) is 6.66. The van der Waals surface area contributed by atoms with E-state index in [4.69, 9.17) is 4.74 Å². The van der Waals surface area contributed by atoms with Crippen molar-refractivity contribution in [1.82, 2.24) is 19.7 Å². The van der Waals surface area contributed by atoms with Crippen molar-refractivity contribution >= 4 is 55.9 Å². The Morgan fingerprint density at radius 1 is 1.06 bits per heavy atom. The summed E-state index contributed by atoms with van der Waals surface area (Å²) in [6.45, 7) is 0. The highest BCUT2D eigenvalue weighted by atomic mass is 32.2. The van der Waals surface area contributed by atoms with E-state index in [2.05, 4.69) is 25.8 Å². The molecule has 0 saturated carbocycles. The van der Waals surface area contributed by atoms with Gasteiger partial charge in [0.1, 0.15) is 11.6 Å². The van der Waals surface area contributed by atoms with Gasteiger partial charge in [0.2, 0.25) is 11.8 Å². The van der Waals surface area contributed by atoms with Gasteiger partial charge in [-0.2, -0.15) is 0 Å². The maximum absolute atomic E-state index is 12.3. The smallest absolute Gasteiger partial charge is 0.236 e. The molecule has 0 unspecified atom stereocenters. The number of methoxy groups -OCH3 is 1. The number of thioether (sulfide) groups is 1. The molecule has 2 N–H and O–H groups in total. The number of benzene rings is 2. The number of nitrogens with one attached hydrogen (secondary N) is 2. The summed E-state index contributed by atoms with van der Waals surface area (Å²) < 4.78 is 7.83. The predicted octanol–water partition coefficient (Wildman–Crippen LogP) is 3.35. The lowest BCUT2D eigenvalue weighted by Gasteiger charge is -2.07. The van der Waals surface area contributed by atoms with E-state index in [-0.39, 0.29) is 24.0 Å². The molecule has 4 aromatic rings. The highest BCUT2D eigenvalue weighted by molar-refractivity contribution is 7.99. The molecule has 0 spiro atoms. The highest BCUT2D eigenvalue weighted by Crippen LogP contribution is 2.26. The summed E-state index contributed by atoms with van der Waals surface area (Å²) >= 11 is 2.67. The number of carbonyl (C=O) groups excluding carboxylic acids is 2. The van der Waals surface area contributed by atoms with Gasteiger partial charge in [0.25, 0.3) is 0 Å². The molecule has 0 saturated heterocycles. The summed E-state index contributed by atoms with van der Waals surface area (Å²) in [6.07, 6.45) is 0.0635. The standard InChI is InChI=1S/C21H20N6O3S2/c1-27-17(11-18(28)22-13-7-9-14(30-2)10-8-13)25-26-21(27)31-12-19(29)24-20-23-15-5-3-4-6-16(15)32-20/h3-10H,11-12H2,1-2H3,(H,22,28)(H,23,24,29). The topological polar surface area (TPSA) is 111 Å². The Hall–Kier alpha value is -3.44. The van der Waals surface area contributed by atoms with Crippen molar-refractivity contribution in [2.24, 2.45) is 7.05 Å². The van der Waals surface area contributed by atoms with Gasteiger partial charge in [-0.3, -0.25) is 9.59 Å². The lowest BCUT2D eigenvalue weighted by Crippen LogP contribution is -2.17. The first kappa shape index (κ1) is 21.8. The van der Waals surface area contributed by atoms with Crippen LogP contribution in [0.15, 0.2) is 53.7 Å². The molecule has 0 aliphatic rings. The van der Waals surface area contributed by atoms with Gasteiger partial charge in [-0.15, -0.1) is 10.2 Å². The zero-order valence-corrected chi connectivity index (χ0v) is 19.0. The first-order valence-corrected chi connectivity index (χ1v) is 11.4. The number of carbonyl (C=O) groups is 2. The van der Waals surface area contributed by atoms with Crippen LogP contribution in [0.25, 0.3) is 10.2 Å². The van der Waals surface area contributed by atoms with Crippen molar-refractivity contribution in [3.05, 3.63) is 54.4 Å². The van der Waals surface area contributed by atoms with E-state index in [1.807, 2.05) is 24.3 Å². The van der Waals surface area contributed by atoms with Crippen LogP contribution in [-0.4, -0.2) is 44.4 Å². The van der Waals surface area contributed by atoms with Crippen LogP contribution in [0.5, 0.6) is 5.75 Å². The summed E-state index contributed by atoms with van der Waals surface area (Å²) in [6, 6.07) is 14.8. The molecule has 2 aromatic carbocycles. The second-order valence-corrected chi connectivity index (χ2v) is 8.71. The maximum atomic E-state index is 12.3. The molecule has 11 heteroatoms. The number of nitrogens with zero attached hydrogens (tertiary/aromatic N) is 4. The van der Waals surface area contributed by atoms with Gasteiger partial charge in [-0.1, -0.05) is 35.2 Å². The molecule has 2 amide bonds. The number of hydrogen-bond donors (Lipinski definition) is 2. The van der Waals surface area contributed by atoms with E-state index >= 15 is 0 Å². The molecule has 2 aromatic heterocycles. The van der Waals surface area contributed by atoms with Crippen molar-refractivity contribution in [2.75, 3.05) is 23.5 Å². The van der Waals surface area contributed by atoms with E-state index in [9.17, 15) is 9.59 Å². The minimum Gasteiger partial charge on any atom is -0.497 e. The normalized spacial score (nSPS) is 10.8. The third kappa shape index (κ3) is 5.24. The third-order valence-electron chi connectivity index (χ3n) is 4.49. The Bertz CT molecular complexity index is 1220. The molecule has 0 aliphatic heterocycles. The summed E-state index contributed by atoms with van der Waals surface area (Å²) in [5.74, 6) is 0.974. The molecule has 0 radical (unpaired) electrons. The minimum atomic E-state index is -0.212. The van der Waals surface area contributed by atoms with Crippen LogP contribution in [0.3, 0.4) is 0 Å². The van der Waals surface area contributed by atoms with Gasteiger partial charge in [-0.05, 0) is 36.4 Å². The second-order valence-electron chi connectivity index (χ2n) is 6.73. The Balaban J connectivity index is 1.30. The number of amides is 2. The van der Waals surface area contributed by atoms with Crippen molar-refractivity contribution in [3.8, 4) is 5.75 Å². The molecule has 164 valence electrons. The first-order chi connectivity index (χ1) is 15.5. The minimum absolute atomic E-state index is 0.0635. The molecule has 9 nitrogen and oxygen atoms in total.